The molecule has 3 aromatic rings. The zero-order valence-electron chi connectivity index (χ0n) is 24.0. The number of carbonyl (C=O) groups excluding carboxylic acids is 2. The molecule has 2 aliphatic heterocycles. The lowest BCUT2D eigenvalue weighted by Crippen LogP contribution is -2.57. The predicted molar refractivity (Wildman–Crippen MR) is 162 cm³/mol. The second kappa shape index (κ2) is 12.0. The van der Waals surface area contributed by atoms with Crippen LogP contribution in [-0.2, 0) is 17.8 Å². The molecular weight excluding hydrogens is 520 g/mol. The minimum Gasteiger partial charge on any atom is -0.444 e. The van der Waals surface area contributed by atoms with Crippen molar-refractivity contribution in [1.29, 1.82) is 0 Å². The molecule has 2 aromatic carbocycles. The maximum atomic E-state index is 13.1. The van der Waals surface area contributed by atoms with Crippen molar-refractivity contribution in [2.24, 2.45) is 0 Å². The number of nitrogens with zero attached hydrogens (tertiary/aromatic N) is 2. The van der Waals surface area contributed by atoms with Gasteiger partial charge in [-0.15, -0.1) is 11.3 Å². The van der Waals surface area contributed by atoms with E-state index in [1.807, 2.05) is 57.2 Å². The van der Waals surface area contributed by atoms with Gasteiger partial charge in [0.05, 0.1) is 6.04 Å². The third kappa shape index (κ3) is 7.23. The smallest absolute Gasteiger partial charge is 0.410 e. The largest absolute Gasteiger partial charge is 0.444 e. The molecule has 40 heavy (non-hydrogen) atoms. The molecule has 0 bridgehead atoms. The Bertz CT molecular complexity index is 1330. The Kier molecular flexibility index (Phi) is 8.47. The quantitative estimate of drug-likeness (QED) is 0.339. The van der Waals surface area contributed by atoms with Crippen molar-refractivity contribution in [2.45, 2.75) is 65.3 Å². The number of likely N-dealkylation sites (tertiary alicyclic amines) is 2. The highest BCUT2D eigenvalue weighted by Crippen LogP contribution is 2.30. The van der Waals surface area contributed by atoms with Gasteiger partial charge in [0.15, 0.2) is 0 Å². The number of nitrogens with one attached hydrogen (secondary N) is 2. The van der Waals surface area contributed by atoms with Gasteiger partial charge in [0.1, 0.15) is 5.60 Å². The maximum Gasteiger partial charge on any atom is 0.410 e. The first-order chi connectivity index (χ1) is 19.1. The van der Waals surface area contributed by atoms with Crippen molar-refractivity contribution < 1.29 is 14.3 Å². The molecule has 2 amide bonds. The zero-order chi connectivity index (χ0) is 28.3. The van der Waals surface area contributed by atoms with Gasteiger partial charge in [0.2, 0.25) is 0 Å². The average molecular weight is 561 g/mol. The number of hydrogen-bond donors (Lipinski definition) is 2. The summed E-state index contributed by atoms with van der Waals surface area (Å²) in [5.41, 5.74) is 4.21. The summed E-state index contributed by atoms with van der Waals surface area (Å²) in [7, 11) is 0. The van der Waals surface area contributed by atoms with Crippen molar-refractivity contribution in [1.82, 2.24) is 15.1 Å². The predicted octanol–water partition coefficient (Wildman–Crippen LogP) is 6.28. The fraction of sp³-hybridized carbons (Fsp3) is 0.438. The van der Waals surface area contributed by atoms with Gasteiger partial charge in [0.25, 0.3) is 5.91 Å². The minimum absolute atomic E-state index is 0.0981. The second-order valence-corrected chi connectivity index (χ2v) is 13.1. The van der Waals surface area contributed by atoms with Gasteiger partial charge < -0.3 is 20.3 Å². The van der Waals surface area contributed by atoms with E-state index in [-0.39, 0.29) is 18.0 Å². The molecule has 7 nitrogen and oxygen atoms in total. The molecule has 3 heterocycles. The Hall–Kier alpha value is -3.36. The lowest BCUT2D eigenvalue weighted by molar-refractivity contribution is 0.0105. The summed E-state index contributed by atoms with van der Waals surface area (Å²) in [6.07, 6.45) is 2.34. The fourth-order valence-corrected chi connectivity index (χ4v) is 6.14. The van der Waals surface area contributed by atoms with E-state index in [1.54, 1.807) is 4.90 Å². The Morgan fingerprint density at radius 2 is 1.73 bits per heavy atom. The molecule has 212 valence electrons. The third-order valence-electron chi connectivity index (χ3n) is 7.32. The van der Waals surface area contributed by atoms with Crippen LogP contribution in [0.25, 0.3) is 10.4 Å². The summed E-state index contributed by atoms with van der Waals surface area (Å²) in [6.45, 7) is 12.6. The van der Waals surface area contributed by atoms with E-state index >= 15 is 0 Å². The van der Waals surface area contributed by atoms with E-state index in [2.05, 4.69) is 51.9 Å². The van der Waals surface area contributed by atoms with Crippen LogP contribution in [0.2, 0.25) is 0 Å². The summed E-state index contributed by atoms with van der Waals surface area (Å²) in [5.74, 6) is -0.0981. The summed E-state index contributed by atoms with van der Waals surface area (Å²) in [5, 5.41) is 6.51. The summed E-state index contributed by atoms with van der Waals surface area (Å²) in [4.78, 5) is 32.2. The Morgan fingerprint density at radius 3 is 2.42 bits per heavy atom. The molecule has 0 spiro atoms. The number of thiophene rings is 1. The monoisotopic (exact) mass is 560 g/mol. The molecule has 0 saturated carbocycles. The lowest BCUT2D eigenvalue weighted by atomic mass is 10.0. The van der Waals surface area contributed by atoms with E-state index in [0.29, 0.717) is 25.2 Å². The fourth-order valence-electron chi connectivity index (χ4n) is 5.08. The molecular formula is C32H40N4O3S. The number of benzene rings is 2. The van der Waals surface area contributed by atoms with Crippen LogP contribution in [-0.4, -0.2) is 59.6 Å². The van der Waals surface area contributed by atoms with Crippen LogP contribution in [0.15, 0.2) is 54.6 Å². The summed E-state index contributed by atoms with van der Waals surface area (Å²) in [6, 6.07) is 18.9. The second-order valence-electron chi connectivity index (χ2n) is 11.9. The molecule has 2 saturated heterocycles. The summed E-state index contributed by atoms with van der Waals surface area (Å²) >= 11 is 1.87. The molecule has 0 atom stereocenters. The van der Waals surface area contributed by atoms with Gasteiger partial charge in [-0.1, -0.05) is 30.3 Å². The van der Waals surface area contributed by atoms with Crippen molar-refractivity contribution in [3.8, 4) is 10.4 Å². The van der Waals surface area contributed by atoms with Crippen LogP contribution >= 0.6 is 11.3 Å². The highest BCUT2D eigenvalue weighted by molar-refractivity contribution is 7.15. The highest BCUT2D eigenvalue weighted by Gasteiger charge is 2.33. The van der Waals surface area contributed by atoms with E-state index in [4.69, 9.17) is 4.74 Å². The topological polar surface area (TPSA) is 73.9 Å². The number of carbonyl (C=O) groups is 2. The number of amides is 2. The average Bonchev–Trinajstić information content (AvgIpc) is 3.57. The minimum atomic E-state index is -0.502. The number of ether oxygens (including phenoxy) is 1. The molecule has 2 aliphatic rings. The maximum absolute atomic E-state index is 13.1. The van der Waals surface area contributed by atoms with Crippen molar-refractivity contribution >= 4 is 29.0 Å². The molecule has 0 unspecified atom stereocenters. The first kappa shape index (κ1) is 28.2. The van der Waals surface area contributed by atoms with Gasteiger partial charge in [-0.25, -0.2) is 4.79 Å². The molecule has 2 N–H and O–H groups in total. The zero-order valence-corrected chi connectivity index (χ0v) is 24.8. The number of aryl methyl sites for hydroxylation is 1. The number of rotatable bonds is 8. The molecule has 0 radical (unpaired) electrons. The van der Waals surface area contributed by atoms with E-state index in [9.17, 15) is 9.59 Å². The van der Waals surface area contributed by atoms with Crippen LogP contribution < -0.4 is 10.6 Å². The SMILES string of the molecule is Cc1ccc(NC2CN(C(=O)OC(C)(C)C)C2)cc1C(=O)NCc1ccc(-c2ccc(CN3CCCC3)s2)cc1. The standard InChI is InChI=1S/C32H40N4O3S/c1-22-7-12-25(34-26-19-36(20-26)31(38)39-32(2,3)4)17-28(22)30(37)33-18-23-8-10-24(11-9-23)29-14-13-27(40-29)21-35-15-5-6-16-35/h7-14,17,26,34H,5-6,15-16,18-21H2,1-4H3,(H,33,37). The first-order valence-electron chi connectivity index (χ1n) is 14.2. The van der Waals surface area contributed by atoms with Gasteiger partial charge in [-0.05, 0) is 94.6 Å². The van der Waals surface area contributed by atoms with E-state index in [0.717, 1.165) is 23.4 Å². The van der Waals surface area contributed by atoms with Gasteiger partial charge in [-0.2, -0.15) is 0 Å². The third-order valence-corrected chi connectivity index (χ3v) is 8.44. The van der Waals surface area contributed by atoms with E-state index < -0.39 is 5.60 Å². The summed E-state index contributed by atoms with van der Waals surface area (Å²) < 4.78 is 5.43. The highest BCUT2D eigenvalue weighted by atomic mass is 32.1. The number of hydrogen-bond acceptors (Lipinski definition) is 6. The molecule has 5 rings (SSSR count). The van der Waals surface area contributed by atoms with Crippen LogP contribution in [0.3, 0.4) is 0 Å². The molecule has 8 heteroatoms. The van der Waals surface area contributed by atoms with Gasteiger partial charge in [-0.3, -0.25) is 9.69 Å². The molecule has 2 fully saturated rings. The normalized spacial score (nSPS) is 16.1. The van der Waals surface area contributed by atoms with Crippen LogP contribution in [0.1, 0.15) is 60.0 Å². The van der Waals surface area contributed by atoms with Crippen LogP contribution in [0.5, 0.6) is 0 Å². The molecule has 1 aromatic heterocycles. The Morgan fingerprint density at radius 1 is 1.00 bits per heavy atom. The Labute approximate surface area is 241 Å². The lowest BCUT2D eigenvalue weighted by Gasteiger charge is -2.40. The molecule has 0 aliphatic carbocycles. The van der Waals surface area contributed by atoms with Gasteiger partial charge in [0, 0.05) is 47.2 Å². The van der Waals surface area contributed by atoms with Crippen molar-refractivity contribution in [2.75, 3.05) is 31.5 Å². The first-order valence-corrected chi connectivity index (χ1v) is 15.0. The number of anilines is 1. The van der Waals surface area contributed by atoms with E-state index in [1.165, 1.54) is 41.2 Å². The Balaban J connectivity index is 1.12. The van der Waals surface area contributed by atoms with Crippen molar-refractivity contribution in [3.05, 3.63) is 76.2 Å². The van der Waals surface area contributed by atoms with Crippen molar-refractivity contribution in [3.63, 3.8) is 0 Å². The van der Waals surface area contributed by atoms with Gasteiger partial charge >= 0.3 is 6.09 Å². The van der Waals surface area contributed by atoms with Crippen LogP contribution in [0.4, 0.5) is 10.5 Å². The van der Waals surface area contributed by atoms with Crippen LogP contribution in [0, 0.1) is 6.92 Å².